The minimum absolute atomic E-state index is 0.0482. The van der Waals surface area contributed by atoms with Crippen LogP contribution in [-0.4, -0.2) is 33.0 Å². The van der Waals surface area contributed by atoms with Crippen LogP contribution in [0.3, 0.4) is 0 Å². The Bertz CT molecular complexity index is 540. The summed E-state index contributed by atoms with van der Waals surface area (Å²) in [5, 5.41) is 6.66. The highest BCUT2D eigenvalue weighted by atomic mass is 15.2. The zero-order valence-corrected chi connectivity index (χ0v) is 14.5. The summed E-state index contributed by atoms with van der Waals surface area (Å²) in [4.78, 5) is 13.3. The molecule has 0 aliphatic carbocycles. The van der Waals surface area contributed by atoms with Crippen LogP contribution >= 0.6 is 0 Å². The van der Waals surface area contributed by atoms with Crippen molar-refractivity contribution in [2.24, 2.45) is 10.7 Å². The van der Waals surface area contributed by atoms with Crippen molar-refractivity contribution in [3.05, 3.63) is 17.5 Å². The Kier molecular flexibility index (Phi) is 4.42. The van der Waals surface area contributed by atoms with Gasteiger partial charge >= 0.3 is 0 Å². The zero-order chi connectivity index (χ0) is 16.5. The molecule has 1 aromatic rings. The molecule has 4 N–H and O–H groups in total. The topological polar surface area (TPSA) is 88.2 Å². The number of nitrogens with zero attached hydrogens (tertiary/aromatic N) is 3. The molecule has 1 aliphatic heterocycles. The van der Waals surface area contributed by atoms with Crippen molar-refractivity contribution < 1.29 is 0 Å². The fourth-order valence-corrected chi connectivity index (χ4v) is 3.49. The molecule has 2 rings (SSSR count). The van der Waals surface area contributed by atoms with Crippen LogP contribution in [0.25, 0.3) is 0 Å². The van der Waals surface area contributed by atoms with Gasteiger partial charge in [-0.15, -0.1) is 0 Å². The molecule has 0 atom stereocenters. The Morgan fingerprint density at radius 2 is 1.68 bits per heavy atom. The average Bonchev–Trinajstić information content (AvgIpc) is 2.21. The number of nitrogens with two attached hydrogens (primary N) is 1. The van der Waals surface area contributed by atoms with Crippen LogP contribution < -0.4 is 16.4 Å². The summed E-state index contributed by atoms with van der Waals surface area (Å²) in [5.41, 5.74) is 7.97. The molecule has 22 heavy (non-hydrogen) atoms. The van der Waals surface area contributed by atoms with Gasteiger partial charge in [-0.3, -0.25) is 5.32 Å². The first-order chi connectivity index (χ1) is 10.0. The van der Waals surface area contributed by atoms with Crippen molar-refractivity contribution >= 4 is 11.9 Å². The third-order valence-corrected chi connectivity index (χ3v) is 3.71. The second kappa shape index (κ2) is 5.83. The van der Waals surface area contributed by atoms with E-state index in [0.29, 0.717) is 11.9 Å². The van der Waals surface area contributed by atoms with Crippen molar-refractivity contribution in [1.29, 1.82) is 0 Å². The van der Waals surface area contributed by atoms with Gasteiger partial charge in [0, 0.05) is 22.5 Å². The number of anilines is 1. The lowest BCUT2D eigenvalue weighted by Gasteiger charge is -2.45. The van der Waals surface area contributed by atoms with Gasteiger partial charge in [0.05, 0.1) is 6.04 Å². The highest BCUT2D eigenvalue weighted by Gasteiger charge is 2.37. The zero-order valence-electron chi connectivity index (χ0n) is 14.5. The third kappa shape index (κ3) is 4.66. The lowest BCUT2D eigenvalue weighted by Crippen LogP contribution is -2.59. The van der Waals surface area contributed by atoms with Crippen LogP contribution in [0, 0.1) is 13.8 Å². The van der Waals surface area contributed by atoms with Crippen LogP contribution in [0.15, 0.2) is 11.1 Å². The highest BCUT2D eigenvalue weighted by Crippen LogP contribution is 2.30. The van der Waals surface area contributed by atoms with Gasteiger partial charge < -0.3 is 11.1 Å². The molecular weight excluding hydrogens is 276 g/mol. The highest BCUT2D eigenvalue weighted by molar-refractivity contribution is 5.90. The van der Waals surface area contributed by atoms with Crippen molar-refractivity contribution in [3.63, 3.8) is 0 Å². The van der Waals surface area contributed by atoms with E-state index in [1.165, 1.54) is 0 Å². The number of hydrogen-bond acceptors (Lipinski definition) is 4. The molecule has 0 amide bonds. The molecular formula is C16H28N6. The maximum absolute atomic E-state index is 6.05. The van der Waals surface area contributed by atoms with Gasteiger partial charge in [0.2, 0.25) is 5.95 Å². The van der Waals surface area contributed by atoms with E-state index in [0.717, 1.165) is 24.2 Å². The Morgan fingerprint density at radius 1 is 1.18 bits per heavy atom. The second-order valence-corrected chi connectivity index (χ2v) is 7.57. The minimum Gasteiger partial charge on any atom is -0.370 e. The summed E-state index contributed by atoms with van der Waals surface area (Å²) in [6.07, 6.45) is 1.90. The first-order valence-corrected chi connectivity index (χ1v) is 7.77. The summed E-state index contributed by atoms with van der Waals surface area (Å²) in [6.45, 7) is 12.7. The fourth-order valence-electron chi connectivity index (χ4n) is 3.49. The summed E-state index contributed by atoms with van der Waals surface area (Å²) in [5.74, 6) is 0.884. The summed E-state index contributed by atoms with van der Waals surface area (Å²) >= 11 is 0. The lowest BCUT2D eigenvalue weighted by molar-refractivity contribution is 0.164. The molecule has 0 bridgehead atoms. The van der Waals surface area contributed by atoms with E-state index in [2.05, 4.69) is 53.3 Å². The van der Waals surface area contributed by atoms with Crippen LogP contribution in [0.4, 0.5) is 5.95 Å². The molecule has 1 aliphatic rings. The van der Waals surface area contributed by atoms with Gasteiger partial charge in [-0.1, -0.05) is 0 Å². The van der Waals surface area contributed by atoms with Gasteiger partial charge in [0.25, 0.3) is 0 Å². The molecule has 1 fully saturated rings. The third-order valence-electron chi connectivity index (χ3n) is 3.71. The first-order valence-electron chi connectivity index (χ1n) is 7.77. The molecule has 6 nitrogen and oxygen atoms in total. The van der Waals surface area contributed by atoms with E-state index in [-0.39, 0.29) is 17.1 Å². The van der Waals surface area contributed by atoms with Crippen molar-refractivity contribution in [1.82, 2.24) is 15.3 Å². The number of piperidine rings is 1. The summed E-state index contributed by atoms with van der Waals surface area (Å²) in [6, 6.07) is 2.11. The molecule has 6 heteroatoms. The number of aliphatic imine (C=N–C) groups is 1. The summed E-state index contributed by atoms with van der Waals surface area (Å²) < 4.78 is 0. The van der Waals surface area contributed by atoms with Crippen LogP contribution in [0.5, 0.6) is 0 Å². The number of aryl methyl sites for hydroxylation is 2. The lowest BCUT2D eigenvalue weighted by atomic mass is 9.80. The Hall–Kier alpha value is -1.69. The average molecular weight is 304 g/mol. The molecule has 0 radical (unpaired) electrons. The van der Waals surface area contributed by atoms with E-state index in [1.807, 2.05) is 19.9 Å². The second-order valence-electron chi connectivity index (χ2n) is 7.57. The molecule has 0 saturated carbocycles. The number of aromatic nitrogens is 2. The molecule has 2 heterocycles. The number of nitrogens with one attached hydrogen (secondary N) is 2. The number of guanidine groups is 1. The quantitative estimate of drug-likeness (QED) is 0.575. The predicted octanol–water partition coefficient (Wildman–Crippen LogP) is 2.13. The SMILES string of the molecule is Cc1cc(C)nc(NC(N)=NC2CC(C)(C)NC(C)(C)C2)n1. The van der Waals surface area contributed by atoms with Gasteiger partial charge in [-0.2, -0.15) is 0 Å². The minimum atomic E-state index is 0.0482. The Morgan fingerprint density at radius 3 is 2.18 bits per heavy atom. The molecule has 1 saturated heterocycles. The van der Waals surface area contributed by atoms with E-state index in [9.17, 15) is 0 Å². The monoisotopic (exact) mass is 304 g/mol. The summed E-state index contributed by atoms with van der Waals surface area (Å²) in [7, 11) is 0. The van der Waals surface area contributed by atoms with Gasteiger partial charge in [-0.25, -0.2) is 15.0 Å². The fraction of sp³-hybridized carbons (Fsp3) is 0.688. The maximum Gasteiger partial charge on any atom is 0.229 e. The van der Waals surface area contributed by atoms with Crippen LogP contribution in [-0.2, 0) is 0 Å². The normalized spacial score (nSPS) is 21.6. The molecule has 122 valence electrons. The van der Waals surface area contributed by atoms with Crippen LogP contribution in [0.1, 0.15) is 51.9 Å². The van der Waals surface area contributed by atoms with Crippen molar-refractivity contribution in [2.75, 3.05) is 5.32 Å². The Balaban J connectivity index is 2.11. The smallest absolute Gasteiger partial charge is 0.229 e. The Labute approximate surface area is 133 Å². The predicted molar refractivity (Wildman–Crippen MR) is 91.1 cm³/mol. The van der Waals surface area contributed by atoms with Gasteiger partial charge in [0.1, 0.15) is 0 Å². The standard InChI is InChI=1S/C16H28N6/c1-10-7-11(2)19-14(18-10)21-13(17)20-12-8-15(3,4)22-16(5,6)9-12/h7,12,22H,8-9H2,1-6H3,(H3,17,18,19,20,21). The van der Waals surface area contributed by atoms with E-state index in [4.69, 9.17) is 5.73 Å². The van der Waals surface area contributed by atoms with Crippen LogP contribution in [0.2, 0.25) is 0 Å². The largest absolute Gasteiger partial charge is 0.370 e. The molecule has 0 spiro atoms. The molecule has 0 aromatic carbocycles. The van der Waals surface area contributed by atoms with E-state index < -0.39 is 0 Å². The first kappa shape index (κ1) is 16.7. The van der Waals surface area contributed by atoms with E-state index >= 15 is 0 Å². The van der Waals surface area contributed by atoms with Crippen molar-refractivity contribution in [3.8, 4) is 0 Å². The number of hydrogen-bond donors (Lipinski definition) is 3. The molecule has 1 aromatic heterocycles. The van der Waals surface area contributed by atoms with Gasteiger partial charge in [0.15, 0.2) is 5.96 Å². The van der Waals surface area contributed by atoms with Crippen molar-refractivity contribution in [2.45, 2.75) is 71.5 Å². The van der Waals surface area contributed by atoms with E-state index in [1.54, 1.807) is 0 Å². The molecule has 0 unspecified atom stereocenters. The van der Waals surface area contributed by atoms with Gasteiger partial charge in [-0.05, 0) is 60.5 Å². The number of rotatable bonds is 2. The maximum atomic E-state index is 6.05.